The van der Waals surface area contributed by atoms with E-state index in [2.05, 4.69) is 51.1 Å². The van der Waals surface area contributed by atoms with Crippen LogP contribution in [0.5, 0.6) is 0 Å². The van der Waals surface area contributed by atoms with E-state index in [1.807, 2.05) is 6.07 Å². The lowest BCUT2D eigenvalue weighted by atomic mass is 9.86. The fourth-order valence-corrected chi connectivity index (χ4v) is 4.33. The Balaban J connectivity index is 2.53. The van der Waals surface area contributed by atoms with E-state index < -0.39 is 8.80 Å². The van der Waals surface area contributed by atoms with Crippen molar-refractivity contribution < 1.29 is 13.3 Å². The molecule has 0 bridgehead atoms. The van der Waals surface area contributed by atoms with E-state index in [4.69, 9.17) is 13.3 Å². The van der Waals surface area contributed by atoms with Crippen molar-refractivity contribution in [3.05, 3.63) is 42.0 Å². The van der Waals surface area contributed by atoms with Crippen molar-refractivity contribution in [3.8, 4) is 0 Å². The molecule has 0 aromatic heterocycles. The van der Waals surface area contributed by atoms with Crippen molar-refractivity contribution in [2.24, 2.45) is 0 Å². The Hall–Kier alpha value is -1.20. The number of fused-ring (bicyclic) bond motifs is 1. The van der Waals surface area contributed by atoms with Crippen LogP contribution in [-0.4, -0.2) is 30.1 Å². The average molecular weight is 304 g/mol. The van der Waals surface area contributed by atoms with Gasteiger partial charge in [0.15, 0.2) is 0 Å². The van der Waals surface area contributed by atoms with Crippen LogP contribution in [0.4, 0.5) is 0 Å². The number of rotatable bonds is 4. The molecule has 0 aliphatic heterocycles. The minimum absolute atomic E-state index is 0.150. The van der Waals surface area contributed by atoms with Crippen LogP contribution in [0.3, 0.4) is 0 Å². The fraction of sp³-hybridized carbons (Fsp3) is 0.412. The zero-order chi connectivity index (χ0) is 15.7. The highest BCUT2D eigenvalue weighted by atomic mass is 28.4. The monoisotopic (exact) mass is 304 g/mol. The second kappa shape index (κ2) is 5.89. The number of benzene rings is 2. The van der Waals surface area contributed by atoms with E-state index in [1.165, 1.54) is 16.3 Å². The first-order chi connectivity index (χ1) is 9.86. The van der Waals surface area contributed by atoms with Crippen LogP contribution in [0.1, 0.15) is 26.3 Å². The van der Waals surface area contributed by atoms with Gasteiger partial charge in [0.2, 0.25) is 0 Å². The maximum absolute atomic E-state index is 5.54. The van der Waals surface area contributed by atoms with Crippen molar-refractivity contribution in [2.75, 3.05) is 21.3 Å². The van der Waals surface area contributed by atoms with Crippen LogP contribution in [0, 0.1) is 0 Å². The molecule has 0 saturated carbocycles. The fourth-order valence-electron chi connectivity index (χ4n) is 2.51. The van der Waals surface area contributed by atoms with Gasteiger partial charge in [0, 0.05) is 26.5 Å². The lowest BCUT2D eigenvalue weighted by Gasteiger charge is -2.25. The Morgan fingerprint density at radius 2 is 1.29 bits per heavy atom. The maximum atomic E-state index is 5.54. The summed E-state index contributed by atoms with van der Waals surface area (Å²) in [6.45, 7) is 6.67. The summed E-state index contributed by atoms with van der Waals surface area (Å²) in [6.07, 6.45) is 0. The molecule has 0 radical (unpaired) electrons. The molecule has 4 heteroatoms. The van der Waals surface area contributed by atoms with Crippen LogP contribution in [-0.2, 0) is 18.7 Å². The van der Waals surface area contributed by atoms with Crippen molar-refractivity contribution in [1.82, 2.24) is 0 Å². The lowest BCUT2D eigenvalue weighted by Crippen LogP contribution is -2.54. The Kier molecular flexibility index (Phi) is 4.53. The quantitative estimate of drug-likeness (QED) is 0.812. The Morgan fingerprint density at radius 1 is 0.762 bits per heavy atom. The third-order valence-electron chi connectivity index (χ3n) is 3.87. The van der Waals surface area contributed by atoms with Crippen LogP contribution in [0.15, 0.2) is 36.4 Å². The summed E-state index contributed by atoms with van der Waals surface area (Å²) in [6, 6.07) is 12.8. The summed E-state index contributed by atoms with van der Waals surface area (Å²) >= 11 is 0. The van der Waals surface area contributed by atoms with Gasteiger partial charge in [-0.3, -0.25) is 0 Å². The first kappa shape index (κ1) is 16.2. The van der Waals surface area contributed by atoms with Gasteiger partial charge in [0.05, 0.1) is 0 Å². The first-order valence-corrected chi connectivity index (χ1v) is 8.79. The van der Waals surface area contributed by atoms with E-state index in [0.29, 0.717) is 0 Å². The Bertz CT molecular complexity index is 619. The maximum Gasteiger partial charge on any atom is 0.536 e. The van der Waals surface area contributed by atoms with Gasteiger partial charge >= 0.3 is 8.80 Å². The molecule has 21 heavy (non-hydrogen) atoms. The molecule has 3 nitrogen and oxygen atoms in total. The van der Waals surface area contributed by atoms with Crippen molar-refractivity contribution in [1.29, 1.82) is 0 Å². The first-order valence-electron chi connectivity index (χ1n) is 7.06. The van der Waals surface area contributed by atoms with E-state index in [9.17, 15) is 0 Å². The number of hydrogen-bond acceptors (Lipinski definition) is 3. The molecule has 0 aliphatic rings. The molecule has 0 saturated heterocycles. The van der Waals surface area contributed by atoms with Gasteiger partial charge in [-0.15, -0.1) is 0 Å². The van der Waals surface area contributed by atoms with Gasteiger partial charge in [-0.1, -0.05) is 51.1 Å². The SMILES string of the molecule is CO[Si](OC)(OC)c1ccc2cc(C(C)(C)C)ccc2c1. The molecular weight excluding hydrogens is 280 g/mol. The molecule has 114 valence electrons. The standard InChI is InChI=1S/C17H24O3Si/c1-17(2,3)15-9-7-14-12-16(10-8-13(14)11-15)21(18-4,19-5)20-6/h7-12H,1-6H3. The molecule has 0 spiro atoms. The summed E-state index contributed by atoms with van der Waals surface area (Å²) in [5.41, 5.74) is 1.48. The third-order valence-corrected chi connectivity index (χ3v) is 6.50. The highest BCUT2D eigenvalue weighted by Crippen LogP contribution is 2.26. The summed E-state index contributed by atoms with van der Waals surface area (Å²) in [5.74, 6) is 0. The summed E-state index contributed by atoms with van der Waals surface area (Å²) in [5, 5.41) is 3.37. The zero-order valence-corrected chi connectivity index (χ0v) is 14.7. The summed E-state index contributed by atoms with van der Waals surface area (Å²) in [7, 11) is 2.13. The van der Waals surface area contributed by atoms with Gasteiger partial charge in [0.25, 0.3) is 0 Å². The van der Waals surface area contributed by atoms with Gasteiger partial charge in [0.1, 0.15) is 0 Å². The predicted octanol–water partition coefficient (Wildman–Crippen LogP) is 3.22. The Labute approximate surface area is 128 Å². The molecule has 0 N–H and O–H groups in total. The van der Waals surface area contributed by atoms with Gasteiger partial charge in [-0.2, -0.15) is 0 Å². The topological polar surface area (TPSA) is 27.7 Å². The molecule has 2 rings (SSSR count). The minimum atomic E-state index is -2.76. The second-order valence-corrected chi connectivity index (χ2v) is 9.11. The lowest BCUT2D eigenvalue weighted by molar-refractivity contribution is 0.140. The molecule has 0 unspecified atom stereocenters. The van der Waals surface area contributed by atoms with E-state index in [1.54, 1.807) is 21.3 Å². The van der Waals surface area contributed by atoms with Crippen LogP contribution >= 0.6 is 0 Å². The highest BCUT2D eigenvalue weighted by Gasteiger charge is 2.40. The van der Waals surface area contributed by atoms with E-state index >= 15 is 0 Å². The van der Waals surface area contributed by atoms with Crippen molar-refractivity contribution in [2.45, 2.75) is 26.2 Å². The molecule has 2 aromatic rings. The average Bonchev–Trinajstić information content (AvgIpc) is 2.48. The molecule has 0 fully saturated rings. The van der Waals surface area contributed by atoms with E-state index in [-0.39, 0.29) is 5.41 Å². The molecule has 0 atom stereocenters. The van der Waals surface area contributed by atoms with Crippen LogP contribution in [0.2, 0.25) is 0 Å². The third kappa shape index (κ3) is 3.04. The van der Waals surface area contributed by atoms with Gasteiger partial charge in [-0.25, -0.2) is 0 Å². The van der Waals surface area contributed by atoms with Crippen LogP contribution < -0.4 is 5.19 Å². The molecule has 2 aromatic carbocycles. The summed E-state index contributed by atoms with van der Waals surface area (Å²) in [4.78, 5) is 0. The highest BCUT2D eigenvalue weighted by molar-refractivity contribution is 6.75. The zero-order valence-electron chi connectivity index (χ0n) is 13.7. The number of hydrogen-bond donors (Lipinski definition) is 0. The minimum Gasteiger partial charge on any atom is -0.373 e. The molecule has 0 amide bonds. The predicted molar refractivity (Wildman–Crippen MR) is 89.1 cm³/mol. The van der Waals surface area contributed by atoms with Gasteiger partial charge < -0.3 is 13.3 Å². The second-order valence-electron chi connectivity index (χ2n) is 6.20. The Morgan fingerprint density at radius 3 is 1.81 bits per heavy atom. The van der Waals surface area contributed by atoms with Gasteiger partial charge in [-0.05, 0) is 27.8 Å². The summed E-state index contributed by atoms with van der Waals surface area (Å²) < 4.78 is 16.6. The smallest absolute Gasteiger partial charge is 0.373 e. The molecular formula is C17H24O3Si. The largest absolute Gasteiger partial charge is 0.536 e. The molecule has 0 heterocycles. The van der Waals surface area contributed by atoms with Crippen molar-refractivity contribution >= 4 is 24.8 Å². The van der Waals surface area contributed by atoms with E-state index in [0.717, 1.165) is 5.19 Å². The van der Waals surface area contributed by atoms with Crippen LogP contribution in [0.25, 0.3) is 10.8 Å². The van der Waals surface area contributed by atoms with Crippen molar-refractivity contribution in [3.63, 3.8) is 0 Å². The normalized spacial score (nSPS) is 12.9. The molecule has 0 aliphatic carbocycles.